The first-order chi connectivity index (χ1) is 10.4. The molecule has 3 aromatic rings. The van der Waals surface area contributed by atoms with E-state index in [4.69, 9.17) is 5.73 Å². The molecule has 114 valence electrons. The standard InChI is InChI=1S/C13H11F3N6/c14-13(15,16)9-3-1-8(2-4-9)7-19-10-11-20-21-12(17)22(11)6-5-18-10/h1-6H,7H2,(H2,17,21)(H,18,19). The second-order valence-corrected chi connectivity index (χ2v) is 4.58. The van der Waals surface area contributed by atoms with Gasteiger partial charge in [0, 0.05) is 18.9 Å². The quantitative estimate of drug-likeness (QED) is 0.776. The summed E-state index contributed by atoms with van der Waals surface area (Å²) in [5, 5.41) is 10.6. The first-order valence-electron chi connectivity index (χ1n) is 6.30. The van der Waals surface area contributed by atoms with E-state index < -0.39 is 11.7 Å². The van der Waals surface area contributed by atoms with E-state index in [1.54, 1.807) is 10.6 Å². The molecular formula is C13H11F3N6. The lowest BCUT2D eigenvalue weighted by molar-refractivity contribution is -0.137. The fourth-order valence-corrected chi connectivity index (χ4v) is 1.97. The molecule has 3 N–H and O–H groups in total. The van der Waals surface area contributed by atoms with Crippen LogP contribution in [0.15, 0.2) is 36.7 Å². The second-order valence-electron chi connectivity index (χ2n) is 4.58. The van der Waals surface area contributed by atoms with E-state index >= 15 is 0 Å². The molecule has 9 heteroatoms. The smallest absolute Gasteiger partial charge is 0.368 e. The lowest BCUT2D eigenvalue weighted by atomic mass is 10.1. The minimum atomic E-state index is -4.34. The van der Waals surface area contributed by atoms with Crippen LogP contribution in [0.3, 0.4) is 0 Å². The van der Waals surface area contributed by atoms with Crippen molar-refractivity contribution in [2.24, 2.45) is 0 Å². The van der Waals surface area contributed by atoms with Crippen molar-refractivity contribution in [3.05, 3.63) is 47.8 Å². The molecule has 22 heavy (non-hydrogen) atoms. The van der Waals surface area contributed by atoms with Crippen LogP contribution in [0.1, 0.15) is 11.1 Å². The van der Waals surface area contributed by atoms with Gasteiger partial charge in [0.2, 0.25) is 11.6 Å². The number of nitrogens with zero attached hydrogens (tertiary/aromatic N) is 4. The molecule has 0 aliphatic carbocycles. The van der Waals surface area contributed by atoms with Crippen LogP contribution in [0.2, 0.25) is 0 Å². The van der Waals surface area contributed by atoms with Crippen molar-refractivity contribution in [2.75, 3.05) is 11.1 Å². The molecule has 0 saturated carbocycles. The van der Waals surface area contributed by atoms with Gasteiger partial charge in [-0.3, -0.25) is 4.40 Å². The number of nitrogen functional groups attached to an aromatic ring is 1. The van der Waals surface area contributed by atoms with Gasteiger partial charge in [0.15, 0.2) is 5.82 Å². The first kappa shape index (κ1) is 14.1. The van der Waals surface area contributed by atoms with E-state index in [2.05, 4.69) is 20.5 Å². The molecule has 0 fully saturated rings. The Morgan fingerprint density at radius 3 is 2.55 bits per heavy atom. The summed E-state index contributed by atoms with van der Waals surface area (Å²) in [6, 6.07) is 4.91. The number of nitrogens with two attached hydrogens (primary N) is 1. The molecule has 2 aromatic heterocycles. The number of benzene rings is 1. The summed E-state index contributed by atoms with van der Waals surface area (Å²) in [6.07, 6.45) is -1.19. The van der Waals surface area contributed by atoms with E-state index in [1.165, 1.54) is 18.3 Å². The lowest BCUT2D eigenvalue weighted by Gasteiger charge is -2.09. The Kier molecular flexibility index (Phi) is 3.32. The highest BCUT2D eigenvalue weighted by Crippen LogP contribution is 2.29. The van der Waals surface area contributed by atoms with Crippen LogP contribution in [0.4, 0.5) is 24.9 Å². The maximum Gasteiger partial charge on any atom is 0.416 e. The summed E-state index contributed by atoms with van der Waals surface area (Å²) < 4.78 is 39.0. The molecule has 0 spiro atoms. The van der Waals surface area contributed by atoms with E-state index in [0.717, 1.165) is 12.1 Å². The van der Waals surface area contributed by atoms with Crippen LogP contribution in [-0.4, -0.2) is 19.6 Å². The Labute approximate surface area is 122 Å². The predicted molar refractivity (Wildman–Crippen MR) is 74.0 cm³/mol. The third kappa shape index (κ3) is 2.65. The number of fused-ring (bicyclic) bond motifs is 1. The monoisotopic (exact) mass is 308 g/mol. The third-order valence-corrected chi connectivity index (χ3v) is 3.09. The number of rotatable bonds is 3. The average Bonchev–Trinajstić information content (AvgIpc) is 2.87. The second kappa shape index (κ2) is 5.17. The van der Waals surface area contributed by atoms with Gasteiger partial charge in [0.25, 0.3) is 0 Å². The molecule has 0 saturated heterocycles. The summed E-state index contributed by atoms with van der Waals surface area (Å²) >= 11 is 0. The van der Waals surface area contributed by atoms with Crippen LogP contribution in [0.25, 0.3) is 5.65 Å². The Bertz CT molecular complexity index is 794. The molecule has 0 radical (unpaired) electrons. The molecule has 0 amide bonds. The summed E-state index contributed by atoms with van der Waals surface area (Å²) in [7, 11) is 0. The zero-order chi connectivity index (χ0) is 15.7. The van der Waals surface area contributed by atoms with Gasteiger partial charge in [-0.15, -0.1) is 10.2 Å². The highest BCUT2D eigenvalue weighted by Gasteiger charge is 2.29. The van der Waals surface area contributed by atoms with Gasteiger partial charge in [-0.1, -0.05) is 12.1 Å². The highest BCUT2D eigenvalue weighted by molar-refractivity contribution is 5.63. The van der Waals surface area contributed by atoms with E-state index in [-0.39, 0.29) is 5.95 Å². The van der Waals surface area contributed by atoms with Crippen LogP contribution >= 0.6 is 0 Å². The molecule has 6 nitrogen and oxygen atoms in total. The number of halogens is 3. The number of aromatic nitrogens is 4. The van der Waals surface area contributed by atoms with E-state index in [9.17, 15) is 13.2 Å². The van der Waals surface area contributed by atoms with Gasteiger partial charge >= 0.3 is 6.18 Å². The maximum atomic E-state index is 12.5. The van der Waals surface area contributed by atoms with Gasteiger partial charge < -0.3 is 11.1 Å². The summed E-state index contributed by atoms with van der Waals surface area (Å²) in [5.41, 5.74) is 6.09. The Hall–Kier alpha value is -2.84. The van der Waals surface area contributed by atoms with E-state index in [1.807, 2.05) is 0 Å². The molecule has 0 unspecified atom stereocenters. The number of anilines is 2. The van der Waals surface area contributed by atoms with Gasteiger partial charge in [-0.2, -0.15) is 13.2 Å². The third-order valence-electron chi connectivity index (χ3n) is 3.09. The fourth-order valence-electron chi connectivity index (χ4n) is 1.97. The predicted octanol–water partition coefficient (Wildman–Crippen LogP) is 2.34. The largest absolute Gasteiger partial charge is 0.416 e. The van der Waals surface area contributed by atoms with Crippen molar-refractivity contribution in [1.29, 1.82) is 0 Å². The van der Waals surface area contributed by atoms with Crippen molar-refractivity contribution in [1.82, 2.24) is 19.6 Å². The average molecular weight is 308 g/mol. The van der Waals surface area contributed by atoms with Gasteiger partial charge in [-0.25, -0.2) is 4.98 Å². The van der Waals surface area contributed by atoms with Gasteiger partial charge in [0.05, 0.1) is 5.56 Å². The number of alkyl halides is 3. The molecular weight excluding hydrogens is 297 g/mol. The molecule has 1 aromatic carbocycles. The van der Waals surface area contributed by atoms with Crippen LogP contribution in [0, 0.1) is 0 Å². The molecule has 0 aliphatic rings. The van der Waals surface area contributed by atoms with Crippen molar-refractivity contribution in [2.45, 2.75) is 12.7 Å². The number of hydrogen-bond donors (Lipinski definition) is 2. The van der Waals surface area contributed by atoms with Crippen molar-refractivity contribution < 1.29 is 13.2 Å². The number of nitrogens with one attached hydrogen (secondary N) is 1. The molecule has 0 bridgehead atoms. The van der Waals surface area contributed by atoms with Crippen molar-refractivity contribution in [3.63, 3.8) is 0 Å². The number of hydrogen-bond acceptors (Lipinski definition) is 5. The zero-order valence-electron chi connectivity index (χ0n) is 11.2. The van der Waals surface area contributed by atoms with Gasteiger partial charge in [-0.05, 0) is 17.7 Å². The zero-order valence-corrected chi connectivity index (χ0v) is 11.2. The molecule has 0 aliphatic heterocycles. The summed E-state index contributed by atoms with van der Waals surface area (Å²) in [4.78, 5) is 4.12. The van der Waals surface area contributed by atoms with Crippen LogP contribution in [0.5, 0.6) is 0 Å². The summed E-state index contributed by atoms with van der Waals surface area (Å²) in [5.74, 6) is 0.682. The molecule has 0 atom stereocenters. The van der Waals surface area contributed by atoms with E-state index in [0.29, 0.717) is 23.6 Å². The fraction of sp³-hybridized carbons (Fsp3) is 0.154. The van der Waals surface area contributed by atoms with Crippen molar-refractivity contribution >= 4 is 17.4 Å². The van der Waals surface area contributed by atoms with Crippen molar-refractivity contribution in [3.8, 4) is 0 Å². The van der Waals surface area contributed by atoms with Crippen LogP contribution < -0.4 is 11.1 Å². The van der Waals surface area contributed by atoms with Gasteiger partial charge in [0.1, 0.15) is 0 Å². The SMILES string of the molecule is Nc1nnc2c(NCc3ccc(C(F)(F)F)cc3)nccn12. The summed E-state index contributed by atoms with van der Waals surface area (Å²) in [6.45, 7) is 0.303. The Morgan fingerprint density at radius 2 is 1.86 bits per heavy atom. The normalized spacial score (nSPS) is 11.8. The first-order valence-corrected chi connectivity index (χ1v) is 6.30. The van der Waals surface area contributed by atoms with Crippen LogP contribution in [-0.2, 0) is 12.7 Å². The minimum Gasteiger partial charge on any atom is -0.368 e. The Morgan fingerprint density at radius 1 is 1.14 bits per heavy atom. The topological polar surface area (TPSA) is 81.1 Å². The maximum absolute atomic E-state index is 12.5. The Balaban J connectivity index is 1.77. The highest BCUT2D eigenvalue weighted by atomic mass is 19.4. The minimum absolute atomic E-state index is 0.231. The lowest BCUT2D eigenvalue weighted by Crippen LogP contribution is -2.07. The molecule has 3 rings (SSSR count). The molecule has 2 heterocycles.